The molecule has 4 rings (SSSR count). The molecule has 1 aliphatic heterocycles. The summed E-state index contributed by atoms with van der Waals surface area (Å²) in [5.74, 6) is 0.943. The van der Waals surface area contributed by atoms with Crippen molar-refractivity contribution in [1.82, 2.24) is 10.2 Å². The number of benzene rings is 2. The molecule has 0 bridgehead atoms. The number of amides is 1. The topological polar surface area (TPSA) is 32.3 Å². The number of hydrogen-bond acceptors (Lipinski definition) is 2. The maximum absolute atomic E-state index is 12.8. The minimum Gasteiger partial charge on any atom is -0.337 e. The van der Waals surface area contributed by atoms with E-state index in [1.807, 2.05) is 0 Å². The minimum atomic E-state index is 0.186. The lowest BCUT2D eigenvalue weighted by Crippen LogP contribution is -2.52. The van der Waals surface area contributed by atoms with Gasteiger partial charge in [-0.1, -0.05) is 42.5 Å². The molecule has 1 aliphatic carbocycles. The smallest absolute Gasteiger partial charge is 0.226 e. The van der Waals surface area contributed by atoms with Crippen LogP contribution in [-0.4, -0.2) is 36.5 Å². The molecule has 22 heavy (non-hydrogen) atoms. The fourth-order valence-corrected chi connectivity index (χ4v) is 3.77. The average molecular weight is 294 g/mol. The van der Waals surface area contributed by atoms with Gasteiger partial charge in [-0.15, -0.1) is 0 Å². The lowest BCUT2D eigenvalue weighted by molar-refractivity contribution is -0.135. The van der Waals surface area contributed by atoms with Crippen molar-refractivity contribution in [2.75, 3.05) is 19.6 Å². The zero-order chi connectivity index (χ0) is 15.1. The Hall–Kier alpha value is -1.87. The standard InChI is InChI=1S/C19H22N2O/c1-13-12-20-9-10-21(13)19(22)18-11-17(18)16-8-4-6-14-5-2-3-7-15(14)16/h2-8,13,17-18,20H,9-12H2,1H3. The number of hydrogen-bond donors (Lipinski definition) is 1. The SMILES string of the molecule is CC1CNCCN1C(=O)C1CC1c1cccc2ccccc12. The molecule has 114 valence electrons. The molecular formula is C19H22N2O. The van der Waals surface area contributed by atoms with E-state index in [4.69, 9.17) is 0 Å². The largest absolute Gasteiger partial charge is 0.337 e. The molecule has 0 spiro atoms. The van der Waals surface area contributed by atoms with Crippen molar-refractivity contribution in [3.8, 4) is 0 Å². The first-order chi connectivity index (χ1) is 10.8. The second-order valence-corrected chi connectivity index (χ2v) is 6.60. The van der Waals surface area contributed by atoms with Crippen LogP contribution in [0.25, 0.3) is 10.8 Å². The predicted octanol–water partition coefficient (Wildman–Crippen LogP) is 2.76. The second-order valence-electron chi connectivity index (χ2n) is 6.60. The van der Waals surface area contributed by atoms with Gasteiger partial charge >= 0.3 is 0 Å². The molecule has 1 N–H and O–H groups in total. The van der Waals surface area contributed by atoms with Crippen LogP contribution in [-0.2, 0) is 4.79 Å². The van der Waals surface area contributed by atoms with Crippen LogP contribution in [0.15, 0.2) is 42.5 Å². The van der Waals surface area contributed by atoms with Crippen molar-refractivity contribution in [2.45, 2.75) is 25.3 Å². The molecule has 2 aromatic rings. The third-order valence-electron chi connectivity index (χ3n) is 5.11. The molecule has 3 heteroatoms. The van der Waals surface area contributed by atoms with E-state index in [-0.39, 0.29) is 5.92 Å². The van der Waals surface area contributed by atoms with Crippen molar-refractivity contribution in [2.24, 2.45) is 5.92 Å². The Morgan fingerprint density at radius 3 is 2.86 bits per heavy atom. The quantitative estimate of drug-likeness (QED) is 0.923. The molecule has 2 fully saturated rings. The van der Waals surface area contributed by atoms with Crippen LogP contribution >= 0.6 is 0 Å². The van der Waals surface area contributed by atoms with E-state index in [1.165, 1.54) is 16.3 Å². The minimum absolute atomic E-state index is 0.186. The lowest BCUT2D eigenvalue weighted by Gasteiger charge is -2.34. The Balaban J connectivity index is 1.57. The highest BCUT2D eigenvalue weighted by molar-refractivity contribution is 5.89. The molecule has 2 aromatic carbocycles. The number of rotatable bonds is 2. The third-order valence-corrected chi connectivity index (χ3v) is 5.11. The van der Waals surface area contributed by atoms with Crippen molar-refractivity contribution < 1.29 is 4.79 Å². The Labute approximate surface area is 131 Å². The first kappa shape index (κ1) is 13.8. The summed E-state index contributed by atoms with van der Waals surface area (Å²) in [6, 6.07) is 15.3. The van der Waals surface area contributed by atoms with E-state index < -0.39 is 0 Å². The summed E-state index contributed by atoms with van der Waals surface area (Å²) in [7, 11) is 0. The first-order valence-corrected chi connectivity index (χ1v) is 8.24. The molecule has 3 atom stereocenters. The van der Waals surface area contributed by atoms with Crippen LogP contribution in [0.4, 0.5) is 0 Å². The molecule has 0 radical (unpaired) electrons. The number of carbonyl (C=O) groups excluding carboxylic acids is 1. The monoisotopic (exact) mass is 294 g/mol. The number of nitrogens with one attached hydrogen (secondary N) is 1. The molecule has 3 nitrogen and oxygen atoms in total. The summed E-state index contributed by atoms with van der Waals surface area (Å²) < 4.78 is 0. The van der Waals surface area contributed by atoms with E-state index in [0.29, 0.717) is 17.9 Å². The van der Waals surface area contributed by atoms with Crippen LogP contribution in [0.3, 0.4) is 0 Å². The van der Waals surface area contributed by atoms with Crippen LogP contribution in [0.5, 0.6) is 0 Å². The fraction of sp³-hybridized carbons (Fsp3) is 0.421. The van der Waals surface area contributed by atoms with Crippen LogP contribution < -0.4 is 5.32 Å². The van der Waals surface area contributed by atoms with E-state index in [0.717, 1.165) is 26.1 Å². The summed E-state index contributed by atoms with van der Waals surface area (Å²) in [5.41, 5.74) is 1.35. The molecule has 2 aliphatic rings. The van der Waals surface area contributed by atoms with Gasteiger partial charge in [-0.05, 0) is 35.6 Å². The Kier molecular flexibility index (Phi) is 3.38. The number of piperazine rings is 1. The van der Waals surface area contributed by atoms with E-state index >= 15 is 0 Å². The highest BCUT2D eigenvalue weighted by Gasteiger charge is 2.47. The van der Waals surface area contributed by atoms with E-state index in [2.05, 4.69) is 59.6 Å². The second kappa shape index (κ2) is 5.40. The number of carbonyl (C=O) groups is 1. The van der Waals surface area contributed by atoms with Gasteiger partial charge in [-0.2, -0.15) is 0 Å². The Morgan fingerprint density at radius 1 is 1.18 bits per heavy atom. The summed E-state index contributed by atoms with van der Waals surface area (Å²) in [6.45, 7) is 4.82. The van der Waals surface area contributed by atoms with E-state index in [9.17, 15) is 4.79 Å². The van der Waals surface area contributed by atoms with Crippen molar-refractivity contribution in [3.63, 3.8) is 0 Å². The molecule has 1 amide bonds. The van der Waals surface area contributed by atoms with Gasteiger partial charge in [0.2, 0.25) is 5.91 Å². The maximum Gasteiger partial charge on any atom is 0.226 e. The highest BCUT2D eigenvalue weighted by Crippen LogP contribution is 2.50. The normalized spacial score (nSPS) is 27.9. The lowest BCUT2D eigenvalue weighted by atomic mass is 10.00. The zero-order valence-corrected chi connectivity index (χ0v) is 13.0. The molecule has 3 unspecified atom stereocenters. The van der Waals surface area contributed by atoms with Gasteiger partial charge in [0.25, 0.3) is 0 Å². The Morgan fingerprint density at radius 2 is 2.00 bits per heavy atom. The van der Waals surface area contributed by atoms with Crippen molar-refractivity contribution >= 4 is 16.7 Å². The molecule has 0 aromatic heterocycles. The van der Waals surface area contributed by atoms with E-state index in [1.54, 1.807) is 0 Å². The van der Waals surface area contributed by atoms with Gasteiger partial charge in [0, 0.05) is 31.6 Å². The fourth-order valence-electron chi connectivity index (χ4n) is 3.77. The van der Waals surface area contributed by atoms with Crippen LogP contribution in [0.1, 0.15) is 24.8 Å². The summed E-state index contributed by atoms with van der Waals surface area (Å²) >= 11 is 0. The summed E-state index contributed by atoms with van der Waals surface area (Å²) in [4.78, 5) is 14.9. The first-order valence-electron chi connectivity index (χ1n) is 8.24. The molecular weight excluding hydrogens is 272 g/mol. The Bertz CT molecular complexity index is 706. The molecule has 1 saturated heterocycles. The number of fused-ring (bicyclic) bond motifs is 1. The molecule has 1 saturated carbocycles. The number of nitrogens with zero attached hydrogens (tertiary/aromatic N) is 1. The highest BCUT2D eigenvalue weighted by atomic mass is 16.2. The summed E-state index contributed by atoms with van der Waals surface area (Å²) in [6.07, 6.45) is 1.00. The van der Waals surface area contributed by atoms with Gasteiger partial charge in [-0.25, -0.2) is 0 Å². The summed E-state index contributed by atoms with van der Waals surface area (Å²) in [5, 5.41) is 5.93. The maximum atomic E-state index is 12.8. The van der Waals surface area contributed by atoms with Crippen LogP contribution in [0.2, 0.25) is 0 Å². The van der Waals surface area contributed by atoms with Gasteiger partial charge in [-0.3, -0.25) is 4.79 Å². The van der Waals surface area contributed by atoms with Crippen molar-refractivity contribution in [3.05, 3.63) is 48.0 Å². The van der Waals surface area contributed by atoms with Gasteiger partial charge < -0.3 is 10.2 Å². The third kappa shape index (κ3) is 2.30. The zero-order valence-electron chi connectivity index (χ0n) is 13.0. The van der Waals surface area contributed by atoms with Gasteiger partial charge in [0.1, 0.15) is 0 Å². The predicted molar refractivity (Wildman–Crippen MR) is 88.8 cm³/mol. The van der Waals surface area contributed by atoms with Gasteiger partial charge in [0.05, 0.1) is 0 Å². The van der Waals surface area contributed by atoms with Crippen LogP contribution in [0, 0.1) is 5.92 Å². The molecule has 1 heterocycles. The van der Waals surface area contributed by atoms with Crippen molar-refractivity contribution in [1.29, 1.82) is 0 Å². The van der Waals surface area contributed by atoms with Gasteiger partial charge in [0.15, 0.2) is 0 Å². The average Bonchev–Trinajstić information content (AvgIpc) is 3.35.